The molecule has 19 heavy (non-hydrogen) atoms. The summed E-state index contributed by atoms with van der Waals surface area (Å²) in [6.45, 7) is 12.1. The monoisotopic (exact) mass is 269 g/mol. The van der Waals surface area contributed by atoms with Crippen molar-refractivity contribution in [3.8, 4) is 0 Å². The Morgan fingerprint density at radius 1 is 1.21 bits per heavy atom. The van der Waals surface area contributed by atoms with Crippen molar-refractivity contribution in [2.24, 2.45) is 11.3 Å². The third-order valence-electron chi connectivity index (χ3n) is 4.46. The lowest BCUT2D eigenvalue weighted by molar-refractivity contribution is 0.146. The predicted octanol–water partition coefficient (Wildman–Crippen LogP) is 2.28. The Morgan fingerprint density at radius 3 is 2.21 bits per heavy atom. The highest BCUT2D eigenvalue weighted by Crippen LogP contribution is 2.23. The second kappa shape index (κ2) is 7.61. The molecule has 1 heterocycles. The topological polar surface area (TPSA) is 18.5 Å². The minimum atomic E-state index is 0.359. The maximum atomic E-state index is 3.48. The number of piperidine rings is 1. The van der Waals surface area contributed by atoms with Crippen LogP contribution in [0.4, 0.5) is 0 Å². The van der Waals surface area contributed by atoms with Crippen molar-refractivity contribution in [1.29, 1.82) is 0 Å². The van der Waals surface area contributed by atoms with E-state index in [0.29, 0.717) is 11.5 Å². The first-order valence-electron chi connectivity index (χ1n) is 7.87. The van der Waals surface area contributed by atoms with E-state index in [-0.39, 0.29) is 0 Å². The van der Waals surface area contributed by atoms with E-state index in [9.17, 15) is 0 Å². The molecule has 0 aliphatic carbocycles. The van der Waals surface area contributed by atoms with Crippen molar-refractivity contribution < 1.29 is 0 Å². The molecule has 1 aliphatic heterocycles. The highest BCUT2D eigenvalue weighted by atomic mass is 15.1. The van der Waals surface area contributed by atoms with Crippen LogP contribution in [0.15, 0.2) is 0 Å². The third-order valence-corrected chi connectivity index (χ3v) is 4.46. The average molecular weight is 269 g/mol. The summed E-state index contributed by atoms with van der Waals surface area (Å²) in [7, 11) is 6.47. The molecular formula is C16H35N3. The van der Waals surface area contributed by atoms with Crippen molar-refractivity contribution in [3.05, 3.63) is 0 Å². The van der Waals surface area contributed by atoms with E-state index in [0.717, 1.165) is 5.92 Å². The van der Waals surface area contributed by atoms with E-state index < -0.39 is 0 Å². The molecule has 0 spiro atoms. The molecule has 0 radical (unpaired) electrons. The Bertz CT molecular complexity index is 237. The summed E-state index contributed by atoms with van der Waals surface area (Å²) in [5.74, 6) is 0.911. The Kier molecular flexibility index (Phi) is 6.78. The second-order valence-electron chi connectivity index (χ2n) is 7.54. The largest absolute Gasteiger partial charge is 0.316 e. The molecule has 1 N–H and O–H groups in total. The van der Waals surface area contributed by atoms with Crippen molar-refractivity contribution >= 4 is 0 Å². The third kappa shape index (κ3) is 6.24. The van der Waals surface area contributed by atoms with Crippen LogP contribution in [-0.2, 0) is 0 Å². The lowest BCUT2D eigenvalue weighted by Crippen LogP contribution is -2.43. The fourth-order valence-corrected chi connectivity index (χ4v) is 3.23. The molecule has 0 bridgehead atoms. The van der Waals surface area contributed by atoms with E-state index in [1.54, 1.807) is 0 Å². The molecule has 3 nitrogen and oxygen atoms in total. The van der Waals surface area contributed by atoms with Gasteiger partial charge in [-0.25, -0.2) is 0 Å². The number of hydrogen-bond acceptors (Lipinski definition) is 3. The lowest BCUT2D eigenvalue weighted by atomic mass is 9.84. The van der Waals surface area contributed by atoms with Crippen molar-refractivity contribution in [2.75, 3.05) is 47.3 Å². The van der Waals surface area contributed by atoms with Crippen LogP contribution in [0.3, 0.4) is 0 Å². The van der Waals surface area contributed by atoms with Gasteiger partial charge in [-0.1, -0.05) is 20.8 Å². The highest BCUT2D eigenvalue weighted by molar-refractivity contribution is 4.81. The van der Waals surface area contributed by atoms with Crippen LogP contribution in [-0.4, -0.2) is 63.2 Å². The van der Waals surface area contributed by atoms with Crippen molar-refractivity contribution in [1.82, 2.24) is 15.1 Å². The Labute approximate surface area is 120 Å². The zero-order valence-electron chi connectivity index (χ0n) is 14.0. The second-order valence-corrected chi connectivity index (χ2v) is 7.54. The maximum Gasteiger partial charge on any atom is 0.0125 e. The molecule has 1 atom stereocenters. The molecule has 0 aromatic carbocycles. The Balaban J connectivity index is 2.26. The minimum Gasteiger partial charge on any atom is -0.316 e. The van der Waals surface area contributed by atoms with Gasteiger partial charge < -0.3 is 15.1 Å². The Hall–Kier alpha value is -0.120. The number of likely N-dealkylation sites (tertiary alicyclic amines) is 1. The zero-order valence-corrected chi connectivity index (χ0v) is 14.0. The number of nitrogens with zero attached hydrogens (tertiary/aromatic N) is 2. The minimum absolute atomic E-state index is 0.359. The standard InChI is InChI=1S/C16H35N3/c1-16(2,3)15(17-4)9-12-19-10-7-14(8-11-19)13-18(5)6/h14-15,17H,7-13H2,1-6H3. The lowest BCUT2D eigenvalue weighted by Gasteiger charge is -2.36. The van der Waals surface area contributed by atoms with E-state index in [2.05, 4.69) is 57.0 Å². The van der Waals surface area contributed by atoms with Crippen LogP contribution in [0.25, 0.3) is 0 Å². The maximum absolute atomic E-state index is 3.48. The predicted molar refractivity (Wildman–Crippen MR) is 84.6 cm³/mol. The molecule has 0 saturated carbocycles. The first-order valence-corrected chi connectivity index (χ1v) is 7.87. The summed E-state index contributed by atoms with van der Waals surface area (Å²) in [6, 6.07) is 0.618. The van der Waals surface area contributed by atoms with Gasteiger partial charge >= 0.3 is 0 Å². The normalized spacial score (nSPS) is 21.0. The molecule has 114 valence electrons. The van der Waals surface area contributed by atoms with Gasteiger partial charge in [0.15, 0.2) is 0 Å². The molecule has 1 fully saturated rings. The summed E-state index contributed by atoms with van der Waals surface area (Å²) in [4.78, 5) is 4.99. The Morgan fingerprint density at radius 2 is 1.79 bits per heavy atom. The zero-order chi connectivity index (χ0) is 14.5. The summed E-state index contributed by atoms with van der Waals surface area (Å²) in [6.07, 6.45) is 4.01. The van der Waals surface area contributed by atoms with E-state index in [4.69, 9.17) is 0 Å². The van der Waals surface area contributed by atoms with Gasteiger partial charge in [0, 0.05) is 12.6 Å². The van der Waals surface area contributed by atoms with Gasteiger partial charge in [-0.2, -0.15) is 0 Å². The van der Waals surface area contributed by atoms with E-state index in [1.165, 1.54) is 45.4 Å². The number of nitrogens with one attached hydrogen (secondary N) is 1. The molecule has 1 aliphatic rings. The first kappa shape index (κ1) is 16.9. The quantitative estimate of drug-likeness (QED) is 0.798. The van der Waals surface area contributed by atoms with Gasteiger partial charge in [-0.05, 0) is 71.4 Å². The average Bonchev–Trinajstić information content (AvgIpc) is 2.29. The number of hydrogen-bond donors (Lipinski definition) is 1. The molecule has 1 saturated heterocycles. The van der Waals surface area contributed by atoms with Gasteiger partial charge in [0.2, 0.25) is 0 Å². The molecule has 1 unspecified atom stereocenters. The van der Waals surface area contributed by atoms with Crippen LogP contribution in [0.5, 0.6) is 0 Å². The molecule has 3 heteroatoms. The molecule has 1 rings (SSSR count). The summed E-state index contributed by atoms with van der Waals surface area (Å²) in [5.41, 5.74) is 0.359. The van der Waals surface area contributed by atoms with Crippen LogP contribution in [0.1, 0.15) is 40.0 Å². The van der Waals surface area contributed by atoms with Gasteiger partial charge in [0.1, 0.15) is 0 Å². The first-order chi connectivity index (χ1) is 8.82. The van der Waals surface area contributed by atoms with Gasteiger partial charge in [0.25, 0.3) is 0 Å². The van der Waals surface area contributed by atoms with Crippen LogP contribution in [0, 0.1) is 11.3 Å². The van der Waals surface area contributed by atoms with Gasteiger partial charge in [-0.3, -0.25) is 0 Å². The summed E-state index contributed by atoms with van der Waals surface area (Å²) in [5, 5.41) is 3.48. The molecular weight excluding hydrogens is 234 g/mol. The highest BCUT2D eigenvalue weighted by Gasteiger charge is 2.25. The summed E-state index contributed by atoms with van der Waals surface area (Å²) < 4.78 is 0. The number of rotatable bonds is 6. The smallest absolute Gasteiger partial charge is 0.0125 e. The van der Waals surface area contributed by atoms with E-state index in [1.807, 2.05) is 0 Å². The van der Waals surface area contributed by atoms with E-state index >= 15 is 0 Å². The van der Waals surface area contributed by atoms with Crippen LogP contribution < -0.4 is 5.32 Å². The summed E-state index contributed by atoms with van der Waals surface area (Å²) >= 11 is 0. The fraction of sp³-hybridized carbons (Fsp3) is 1.00. The van der Waals surface area contributed by atoms with Crippen LogP contribution in [0.2, 0.25) is 0 Å². The molecule has 0 aromatic heterocycles. The molecule has 0 amide bonds. The van der Waals surface area contributed by atoms with Gasteiger partial charge in [0.05, 0.1) is 0 Å². The molecule has 0 aromatic rings. The van der Waals surface area contributed by atoms with Crippen molar-refractivity contribution in [3.63, 3.8) is 0 Å². The fourth-order valence-electron chi connectivity index (χ4n) is 3.23. The SMILES string of the molecule is CNC(CCN1CCC(CN(C)C)CC1)C(C)(C)C. The van der Waals surface area contributed by atoms with Crippen molar-refractivity contribution in [2.45, 2.75) is 46.1 Å². The van der Waals surface area contributed by atoms with Crippen LogP contribution >= 0.6 is 0 Å². The van der Waals surface area contributed by atoms with Gasteiger partial charge in [-0.15, -0.1) is 0 Å².